The topological polar surface area (TPSA) is 58.4 Å². The second-order valence-corrected chi connectivity index (χ2v) is 12.7. The summed E-state index contributed by atoms with van der Waals surface area (Å²) in [6.07, 6.45) is 1.22. The highest BCUT2D eigenvalue weighted by molar-refractivity contribution is 8.00. The van der Waals surface area contributed by atoms with E-state index in [2.05, 4.69) is 81.1 Å². The van der Waals surface area contributed by atoms with Crippen molar-refractivity contribution in [1.29, 1.82) is 0 Å². The van der Waals surface area contributed by atoms with E-state index in [0.717, 1.165) is 24.3 Å². The van der Waals surface area contributed by atoms with E-state index in [1.165, 1.54) is 28.6 Å². The quantitative estimate of drug-likeness (QED) is 0.289. The summed E-state index contributed by atoms with van der Waals surface area (Å²) >= 11 is 1.41. The lowest BCUT2D eigenvalue weighted by molar-refractivity contribution is -0.130. The fourth-order valence-electron chi connectivity index (χ4n) is 5.09. The molecule has 6 nitrogen and oxygen atoms in total. The van der Waals surface area contributed by atoms with Crippen LogP contribution >= 0.6 is 11.8 Å². The van der Waals surface area contributed by atoms with Crippen LogP contribution in [0.3, 0.4) is 0 Å². The van der Waals surface area contributed by atoms with Crippen molar-refractivity contribution in [2.45, 2.75) is 70.2 Å². The van der Waals surface area contributed by atoms with Crippen molar-refractivity contribution in [2.24, 2.45) is 7.05 Å². The second-order valence-electron chi connectivity index (χ2n) is 11.6. The van der Waals surface area contributed by atoms with Crippen LogP contribution in [0.4, 0.5) is 5.69 Å². The van der Waals surface area contributed by atoms with Gasteiger partial charge in [-0.05, 0) is 48.4 Å². The Morgan fingerprint density at radius 2 is 1.64 bits per heavy atom. The zero-order valence-electron chi connectivity index (χ0n) is 24.5. The summed E-state index contributed by atoms with van der Waals surface area (Å²) in [5, 5.41) is 0.325. The molecule has 3 aromatic rings. The number of anilines is 1. The van der Waals surface area contributed by atoms with Crippen molar-refractivity contribution in [3.8, 4) is 0 Å². The Kier molecular flexibility index (Phi) is 8.90. The standard InChI is InChI=1S/C32H42N4O2S/c1-8-28(30(38)36-19-17-35(18-20-36)27-12-10-9-11-22(27)2)39-31-33-23(3)26(29(37)34(31)7)21-24-13-15-25(16-14-24)32(4,5)6/h9-16,28H,8,17-21H2,1-7H3. The Morgan fingerprint density at radius 3 is 2.23 bits per heavy atom. The third kappa shape index (κ3) is 6.57. The fourth-order valence-corrected chi connectivity index (χ4v) is 6.19. The molecule has 1 atom stereocenters. The largest absolute Gasteiger partial charge is 0.368 e. The number of benzene rings is 2. The minimum Gasteiger partial charge on any atom is -0.368 e. The first-order valence-corrected chi connectivity index (χ1v) is 14.8. The van der Waals surface area contributed by atoms with E-state index in [1.54, 1.807) is 11.6 Å². The van der Waals surface area contributed by atoms with Crippen LogP contribution in [0, 0.1) is 13.8 Å². The molecule has 39 heavy (non-hydrogen) atoms. The van der Waals surface area contributed by atoms with Gasteiger partial charge in [0.05, 0.1) is 5.25 Å². The zero-order chi connectivity index (χ0) is 28.3. The molecule has 1 aliphatic heterocycles. The smallest absolute Gasteiger partial charge is 0.257 e. The van der Waals surface area contributed by atoms with E-state index < -0.39 is 0 Å². The third-order valence-electron chi connectivity index (χ3n) is 7.69. The average Bonchev–Trinajstić information content (AvgIpc) is 2.92. The molecule has 0 aliphatic carbocycles. The Hall–Kier alpha value is -3.06. The number of piperazine rings is 1. The van der Waals surface area contributed by atoms with Crippen LogP contribution in [-0.2, 0) is 23.7 Å². The average molecular weight is 547 g/mol. The Morgan fingerprint density at radius 1 is 1.00 bits per heavy atom. The van der Waals surface area contributed by atoms with Crippen LogP contribution < -0.4 is 10.5 Å². The number of thioether (sulfide) groups is 1. The number of hydrogen-bond acceptors (Lipinski definition) is 5. The van der Waals surface area contributed by atoms with Gasteiger partial charge in [0, 0.05) is 56.6 Å². The first-order valence-electron chi connectivity index (χ1n) is 13.9. The van der Waals surface area contributed by atoms with Gasteiger partial charge in [0.25, 0.3) is 5.56 Å². The summed E-state index contributed by atoms with van der Waals surface area (Å²) in [4.78, 5) is 36.0. The van der Waals surface area contributed by atoms with Crippen LogP contribution in [0.25, 0.3) is 0 Å². The van der Waals surface area contributed by atoms with Gasteiger partial charge < -0.3 is 9.80 Å². The molecule has 4 rings (SSSR count). The van der Waals surface area contributed by atoms with E-state index in [9.17, 15) is 9.59 Å². The summed E-state index contributed by atoms with van der Waals surface area (Å²) in [5.41, 5.74) is 6.35. The molecule has 208 valence electrons. The molecule has 1 saturated heterocycles. The van der Waals surface area contributed by atoms with Gasteiger partial charge in [-0.25, -0.2) is 4.98 Å². The minimum absolute atomic E-state index is 0.0426. The molecule has 1 unspecified atom stereocenters. The normalized spacial score (nSPS) is 14.9. The molecular formula is C32H42N4O2S. The SMILES string of the molecule is CCC(Sc1nc(C)c(Cc2ccc(C(C)(C)C)cc2)c(=O)n1C)C(=O)N1CCN(c2ccccc2C)CC1. The first kappa shape index (κ1) is 28.9. The maximum Gasteiger partial charge on any atom is 0.257 e. The summed E-state index contributed by atoms with van der Waals surface area (Å²) < 4.78 is 1.61. The molecular weight excluding hydrogens is 504 g/mol. The van der Waals surface area contributed by atoms with E-state index >= 15 is 0 Å². The third-order valence-corrected chi connectivity index (χ3v) is 9.09. The van der Waals surface area contributed by atoms with Crippen molar-refractivity contribution in [3.05, 3.63) is 86.8 Å². The first-order chi connectivity index (χ1) is 18.5. The van der Waals surface area contributed by atoms with E-state index in [4.69, 9.17) is 4.98 Å². The predicted molar refractivity (Wildman–Crippen MR) is 162 cm³/mol. The number of carbonyl (C=O) groups excluding carboxylic acids is 1. The van der Waals surface area contributed by atoms with Crippen molar-refractivity contribution in [3.63, 3.8) is 0 Å². The second kappa shape index (κ2) is 12.0. The number of para-hydroxylation sites is 1. The molecule has 1 amide bonds. The van der Waals surface area contributed by atoms with E-state index in [1.807, 2.05) is 18.7 Å². The van der Waals surface area contributed by atoms with Crippen molar-refractivity contribution >= 4 is 23.4 Å². The number of aromatic nitrogens is 2. The van der Waals surface area contributed by atoms with Gasteiger partial charge in [0.15, 0.2) is 5.16 Å². The maximum atomic E-state index is 13.5. The molecule has 1 aromatic heterocycles. The van der Waals surface area contributed by atoms with Crippen LogP contribution in [-0.4, -0.2) is 51.8 Å². The highest BCUT2D eigenvalue weighted by atomic mass is 32.2. The molecule has 0 saturated carbocycles. The monoisotopic (exact) mass is 546 g/mol. The van der Waals surface area contributed by atoms with Gasteiger partial charge in [-0.2, -0.15) is 0 Å². The fraction of sp³-hybridized carbons (Fsp3) is 0.469. The molecule has 1 aliphatic rings. The lowest BCUT2D eigenvalue weighted by atomic mass is 9.86. The van der Waals surface area contributed by atoms with Crippen molar-refractivity contribution < 1.29 is 4.79 Å². The van der Waals surface area contributed by atoms with Gasteiger partial charge in [-0.15, -0.1) is 0 Å². The molecule has 2 heterocycles. The number of nitrogens with zero attached hydrogens (tertiary/aromatic N) is 4. The van der Waals surface area contributed by atoms with Gasteiger partial charge >= 0.3 is 0 Å². The molecule has 0 N–H and O–H groups in total. The van der Waals surface area contributed by atoms with Crippen LogP contribution in [0.15, 0.2) is 58.5 Å². The number of rotatable bonds is 7. The molecule has 0 spiro atoms. The molecule has 2 aromatic carbocycles. The lowest BCUT2D eigenvalue weighted by Gasteiger charge is -2.38. The van der Waals surface area contributed by atoms with Gasteiger partial charge in [-0.1, -0.05) is 81.9 Å². The number of hydrogen-bond donors (Lipinski definition) is 0. The zero-order valence-corrected chi connectivity index (χ0v) is 25.3. The van der Waals surface area contributed by atoms with Gasteiger partial charge in [0.1, 0.15) is 0 Å². The Labute approximate surface area is 237 Å². The van der Waals surface area contributed by atoms with E-state index in [-0.39, 0.29) is 22.1 Å². The summed E-state index contributed by atoms with van der Waals surface area (Å²) in [6, 6.07) is 16.9. The van der Waals surface area contributed by atoms with Crippen LogP contribution in [0.5, 0.6) is 0 Å². The summed E-state index contributed by atoms with van der Waals surface area (Å²) in [6.45, 7) is 15.7. The molecule has 7 heteroatoms. The van der Waals surface area contributed by atoms with E-state index in [0.29, 0.717) is 36.7 Å². The highest BCUT2D eigenvalue weighted by Crippen LogP contribution is 2.28. The predicted octanol–water partition coefficient (Wildman–Crippen LogP) is 5.50. The number of amides is 1. The van der Waals surface area contributed by atoms with Crippen molar-refractivity contribution in [1.82, 2.24) is 14.5 Å². The highest BCUT2D eigenvalue weighted by Gasteiger charge is 2.29. The van der Waals surface area contributed by atoms with Crippen LogP contribution in [0.1, 0.15) is 62.1 Å². The summed E-state index contributed by atoms with van der Waals surface area (Å²) in [5.74, 6) is 0.127. The Balaban J connectivity index is 1.44. The van der Waals surface area contributed by atoms with Gasteiger partial charge in [-0.3, -0.25) is 14.2 Å². The lowest BCUT2D eigenvalue weighted by Crippen LogP contribution is -2.51. The van der Waals surface area contributed by atoms with Crippen molar-refractivity contribution in [2.75, 3.05) is 31.1 Å². The Bertz CT molecular complexity index is 1370. The molecule has 1 fully saturated rings. The number of carbonyl (C=O) groups is 1. The number of aryl methyl sites for hydroxylation is 2. The van der Waals surface area contributed by atoms with Gasteiger partial charge in [0.2, 0.25) is 5.91 Å². The molecule has 0 radical (unpaired) electrons. The maximum absolute atomic E-state index is 13.5. The minimum atomic E-state index is -0.275. The summed E-state index contributed by atoms with van der Waals surface area (Å²) in [7, 11) is 1.77. The molecule has 0 bridgehead atoms. The van der Waals surface area contributed by atoms with Crippen LogP contribution in [0.2, 0.25) is 0 Å².